The van der Waals surface area contributed by atoms with E-state index in [1.54, 1.807) is 36.0 Å². The first-order chi connectivity index (χ1) is 11.6. The molecule has 1 aromatic heterocycles. The van der Waals surface area contributed by atoms with Crippen molar-refractivity contribution >= 4 is 23.1 Å². The highest BCUT2D eigenvalue weighted by Crippen LogP contribution is 2.35. The second-order valence-electron chi connectivity index (χ2n) is 5.88. The summed E-state index contributed by atoms with van der Waals surface area (Å²) in [6, 6.07) is 6.47. The van der Waals surface area contributed by atoms with Crippen LogP contribution in [0.4, 0.5) is 30.4 Å². The molecule has 134 valence electrons. The average Bonchev–Trinajstić information content (AvgIpc) is 2.53. The lowest BCUT2D eigenvalue weighted by atomic mass is 10.1. The number of aromatic nitrogens is 1. The monoisotopic (exact) mass is 352 g/mol. The predicted molar refractivity (Wildman–Crippen MR) is 92.3 cm³/mol. The molecule has 0 fully saturated rings. The zero-order valence-electron chi connectivity index (χ0n) is 14.3. The molecule has 0 saturated carbocycles. The van der Waals surface area contributed by atoms with Crippen molar-refractivity contribution in [3.63, 3.8) is 0 Å². The van der Waals surface area contributed by atoms with Crippen molar-refractivity contribution in [2.75, 3.05) is 43.3 Å². The SMILES string of the molecule is CN(C)c1ccc(C(=O)Nc2cc(C(F)(F)F)ccc2N(C)C)cn1. The Morgan fingerprint density at radius 1 is 1.04 bits per heavy atom. The van der Waals surface area contributed by atoms with Crippen LogP contribution >= 0.6 is 0 Å². The van der Waals surface area contributed by atoms with Crippen LogP contribution in [0.3, 0.4) is 0 Å². The van der Waals surface area contributed by atoms with Gasteiger partial charge in [-0.15, -0.1) is 0 Å². The van der Waals surface area contributed by atoms with Gasteiger partial charge in [0.25, 0.3) is 5.91 Å². The van der Waals surface area contributed by atoms with Crippen molar-refractivity contribution in [1.29, 1.82) is 0 Å². The van der Waals surface area contributed by atoms with Crippen molar-refractivity contribution < 1.29 is 18.0 Å². The quantitative estimate of drug-likeness (QED) is 0.915. The molecule has 1 N–H and O–H groups in total. The molecule has 0 unspecified atom stereocenters. The molecule has 0 spiro atoms. The van der Waals surface area contributed by atoms with Crippen LogP contribution in [0.2, 0.25) is 0 Å². The van der Waals surface area contributed by atoms with Gasteiger partial charge in [0.1, 0.15) is 5.82 Å². The van der Waals surface area contributed by atoms with Crippen LogP contribution in [-0.2, 0) is 6.18 Å². The molecule has 0 bridgehead atoms. The van der Waals surface area contributed by atoms with Crippen molar-refractivity contribution in [2.24, 2.45) is 0 Å². The molecule has 1 aromatic carbocycles. The lowest BCUT2D eigenvalue weighted by molar-refractivity contribution is -0.137. The van der Waals surface area contributed by atoms with E-state index in [1.165, 1.54) is 12.3 Å². The highest BCUT2D eigenvalue weighted by molar-refractivity contribution is 6.05. The zero-order valence-corrected chi connectivity index (χ0v) is 14.3. The van der Waals surface area contributed by atoms with Crippen molar-refractivity contribution in [3.05, 3.63) is 47.7 Å². The summed E-state index contributed by atoms with van der Waals surface area (Å²) in [6.07, 6.45) is -3.10. The molecule has 5 nitrogen and oxygen atoms in total. The maximum Gasteiger partial charge on any atom is 0.416 e. The minimum Gasteiger partial charge on any atom is -0.376 e. The molecule has 0 aliphatic carbocycles. The van der Waals surface area contributed by atoms with Gasteiger partial charge >= 0.3 is 6.18 Å². The van der Waals surface area contributed by atoms with Crippen LogP contribution in [0.15, 0.2) is 36.5 Å². The molecule has 25 heavy (non-hydrogen) atoms. The molecule has 2 rings (SSSR count). The van der Waals surface area contributed by atoms with E-state index in [2.05, 4.69) is 10.3 Å². The van der Waals surface area contributed by atoms with E-state index < -0.39 is 17.6 Å². The van der Waals surface area contributed by atoms with E-state index in [9.17, 15) is 18.0 Å². The number of carbonyl (C=O) groups excluding carboxylic acids is 1. The molecular weight excluding hydrogens is 333 g/mol. The number of rotatable bonds is 4. The first-order valence-electron chi connectivity index (χ1n) is 7.43. The van der Waals surface area contributed by atoms with E-state index in [4.69, 9.17) is 0 Å². The number of anilines is 3. The number of halogens is 3. The molecule has 2 aromatic rings. The first-order valence-corrected chi connectivity index (χ1v) is 7.43. The van der Waals surface area contributed by atoms with Gasteiger partial charge in [0.15, 0.2) is 0 Å². The highest BCUT2D eigenvalue weighted by atomic mass is 19.4. The van der Waals surface area contributed by atoms with Gasteiger partial charge in [0.2, 0.25) is 0 Å². The lowest BCUT2D eigenvalue weighted by Crippen LogP contribution is -2.18. The second kappa shape index (κ2) is 7.00. The summed E-state index contributed by atoms with van der Waals surface area (Å²) in [4.78, 5) is 19.9. The average molecular weight is 352 g/mol. The Balaban J connectivity index is 2.32. The Labute approximate surface area is 144 Å². The van der Waals surface area contributed by atoms with Gasteiger partial charge < -0.3 is 15.1 Å². The van der Waals surface area contributed by atoms with Crippen LogP contribution in [-0.4, -0.2) is 39.1 Å². The van der Waals surface area contributed by atoms with Crippen molar-refractivity contribution in [1.82, 2.24) is 4.98 Å². The standard InChI is InChI=1S/C17H19F3N4O/c1-23(2)14-7-6-12(17(18,19)20)9-13(14)22-16(25)11-5-8-15(21-10-11)24(3)4/h5-10H,1-4H3,(H,22,25). The minimum atomic E-state index is -4.49. The maximum absolute atomic E-state index is 12.9. The Morgan fingerprint density at radius 3 is 2.20 bits per heavy atom. The van der Waals surface area contributed by atoms with E-state index in [0.29, 0.717) is 11.5 Å². The fraction of sp³-hybridized carbons (Fsp3) is 0.294. The summed E-state index contributed by atoms with van der Waals surface area (Å²) >= 11 is 0. The van der Waals surface area contributed by atoms with Crippen LogP contribution in [0.5, 0.6) is 0 Å². The topological polar surface area (TPSA) is 48.5 Å². The fourth-order valence-electron chi connectivity index (χ4n) is 2.18. The number of hydrogen-bond acceptors (Lipinski definition) is 4. The summed E-state index contributed by atoms with van der Waals surface area (Å²) in [5.74, 6) is 0.143. The number of nitrogens with zero attached hydrogens (tertiary/aromatic N) is 3. The largest absolute Gasteiger partial charge is 0.416 e. The summed E-state index contributed by atoms with van der Waals surface area (Å²) in [5.41, 5.74) is -0.0112. The lowest BCUT2D eigenvalue weighted by Gasteiger charge is -2.20. The zero-order chi connectivity index (χ0) is 18.8. The Hall–Kier alpha value is -2.77. The summed E-state index contributed by atoms with van der Waals surface area (Å²) in [6.45, 7) is 0. The van der Waals surface area contributed by atoms with Crippen LogP contribution < -0.4 is 15.1 Å². The van der Waals surface area contributed by atoms with Crippen LogP contribution in [0.25, 0.3) is 0 Å². The maximum atomic E-state index is 12.9. The molecule has 1 amide bonds. The number of benzene rings is 1. The molecular formula is C17H19F3N4O. The minimum absolute atomic E-state index is 0.0847. The van der Waals surface area contributed by atoms with Gasteiger partial charge in [-0.1, -0.05) is 0 Å². The van der Waals surface area contributed by atoms with Gasteiger partial charge in [-0.05, 0) is 30.3 Å². The number of pyridine rings is 1. The Morgan fingerprint density at radius 2 is 1.72 bits per heavy atom. The molecule has 8 heteroatoms. The third-order valence-corrected chi connectivity index (χ3v) is 3.52. The van der Waals surface area contributed by atoms with Crippen LogP contribution in [0, 0.1) is 0 Å². The Bertz CT molecular complexity index is 755. The number of alkyl halides is 3. The van der Waals surface area contributed by atoms with E-state index in [-0.39, 0.29) is 11.3 Å². The second-order valence-corrected chi connectivity index (χ2v) is 5.88. The third-order valence-electron chi connectivity index (χ3n) is 3.52. The van der Waals surface area contributed by atoms with E-state index in [0.717, 1.165) is 12.1 Å². The van der Waals surface area contributed by atoms with Gasteiger partial charge in [-0.25, -0.2) is 4.98 Å². The van der Waals surface area contributed by atoms with E-state index >= 15 is 0 Å². The number of hydrogen-bond donors (Lipinski definition) is 1. The van der Waals surface area contributed by atoms with Crippen molar-refractivity contribution in [2.45, 2.75) is 6.18 Å². The molecule has 0 atom stereocenters. The molecule has 0 radical (unpaired) electrons. The molecule has 0 saturated heterocycles. The summed E-state index contributed by atoms with van der Waals surface area (Å²) in [5, 5.41) is 2.54. The van der Waals surface area contributed by atoms with Crippen LogP contribution in [0.1, 0.15) is 15.9 Å². The number of amides is 1. The third kappa shape index (κ3) is 4.40. The molecule has 0 aliphatic heterocycles. The van der Waals surface area contributed by atoms with Gasteiger partial charge in [0.05, 0.1) is 22.5 Å². The normalized spacial score (nSPS) is 11.2. The van der Waals surface area contributed by atoms with Gasteiger partial charge in [-0.3, -0.25) is 4.79 Å². The summed E-state index contributed by atoms with van der Waals surface area (Å²) in [7, 11) is 7.00. The number of carbonyl (C=O) groups is 1. The highest BCUT2D eigenvalue weighted by Gasteiger charge is 2.31. The Kier molecular flexibility index (Phi) is 5.20. The van der Waals surface area contributed by atoms with E-state index in [1.807, 2.05) is 14.1 Å². The van der Waals surface area contributed by atoms with Crippen molar-refractivity contribution in [3.8, 4) is 0 Å². The van der Waals surface area contributed by atoms with Gasteiger partial charge in [-0.2, -0.15) is 13.2 Å². The number of nitrogens with one attached hydrogen (secondary N) is 1. The molecule has 1 heterocycles. The first kappa shape index (κ1) is 18.6. The summed E-state index contributed by atoms with van der Waals surface area (Å²) < 4.78 is 38.8. The molecule has 0 aliphatic rings. The predicted octanol–water partition coefficient (Wildman–Crippen LogP) is 3.48. The smallest absolute Gasteiger partial charge is 0.376 e. The van der Waals surface area contributed by atoms with Gasteiger partial charge in [0, 0.05) is 34.4 Å². The fourth-order valence-corrected chi connectivity index (χ4v) is 2.18.